The predicted octanol–water partition coefficient (Wildman–Crippen LogP) is 1.29. The van der Waals surface area contributed by atoms with Crippen LogP contribution in [0.3, 0.4) is 0 Å². The average Bonchev–Trinajstić information content (AvgIpc) is 2.69. The normalized spacial score (nSPS) is 19.9. The number of aryl methyl sites for hydroxylation is 1. The van der Waals surface area contributed by atoms with Gasteiger partial charge in [-0.05, 0) is 12.5 Å². The van der Waals surface area contributed by atoms with Crippen LogP contribution in [0.25, 0.3) is 0 Å². The Kier molecular flexibility index (Phi) is 3.02. The van der Waals surface area contributed by atoms with Crippen LogP contribution in [0.1, 0.15) is 11.1 Å². The molecule has 15 heavy (non-hydrogen) atoms. The number of nitrogens with zero attached hydrogens (tertiary/aromatic N) is 1. The van der Waals surface area contributed by atoms with Crippen molar-refractivity contribution in [3.05, 3.63) is 35.4 Å². The molecule has 3 heteroatoms. The SMILES string of the molecule is Cc1ccc(CC2=NCC(CN)O2)cc1. The minimum Gasteiger partial charge on any atom is -0.474 e. The molecule has 0 aliphatic carbocycles. The van der Waals surface area contributed by atoms with E-state index in [1.165, 1.54) is 11.1 Å². The van der Waals surface area contributed by atoms with E-state index in [9.17, 15) is 0 Å². The number of ether oxygens (including phenoxy) is 1. The largest absolute Gasteiger partial charge is 0.474 e. The number of hydrogen-bond donors (Lipinski definition) is 1. The van der Waals surface area contributed by atoms with Gasteiger partial charge in [0.05, 0.1) is 6.54 Å². The quantitative estimate of drug-likeness (QED) is 0.806. The molecule has 3 nitrogen and oxygen atoms in total. The van der Waals surface area contributed by atoms with Gasteiger partial charge in [0.1, 0.15) is 6.10 Å². The highest BCUT2D eigenvalue weighted by Crippen LogP contribution is 2.10. The smallest absolute Gasteiger partial charge is 0.188 e. The van der Waals surface area contributed by atoms with E-state index in [-0.39, 0.29) is 6.10 Å². The summed E-state index contributed by atoms with van der Waals surface area (Å²) in [6.45, 7) is 3.33. The van der Waals surface area contributed by atoms with Crippen molar-refractivity contribution in [2.75, 3.05) is 13.1 Å². The van der Waals surface area contributed by atoms with E-state index < -0.39 is 0 Å². The van der Waals surface area contributed by atoms with Gasteiger partial charge in [0, 0.05) is 13.0 Å². The molecule has 1 heterocycles. The molecule has 0 fully saturated rings. The first kappa shape index (κ1) is 10.2. The van der Waals surface area contributed by atoms with Gasteiger partial charge in [-0.15, -0.1) is 0 Å². The molecular formula is C12H16N2O. The Morgan fingerprint density at radius 2 is 2.13 bits per heavy atom. The lowest BCUT2D eigenvalue weighted by Crippen LogP contribution is -2.24. The molecular weight excluding hydrogens is 188 g/mol. The molecule has 1 aromatic rings. The third-order valence-electron chi connectivity index (χ3n) is 2.51. The van der Waals surface area contributed by atoms with Crippen molar-refractivity contribution in [2.45, 2.75) is 19.4 Å². The predicted molar refractivity (Wildman–Crippen MR) is 61.1 cm³/mol. The van der Waals surface area contributed by atoms with Crippen LogP contribution in [0.4, 0.5) is 0 Å². The van der Waals surface area contributed by atoms with Gasteiger partial charge in [-0.25, -0.2) is 0 Å². The molecule has 0 radical (unpaired) electrons. The fraction of sp³-hybridized carbons (Fsp3) is 0.417. The van der Waals surface area contributed by atoms with Crippen molar-refractivity contribution < 1.29 is 4.74 Å². The molecule has 2 rings (SSSR count). The number of benzene rings is 1. The summed E-state index contributed by atoms with van der Waals surface area (Å²) in [5, 5.41) is 0. The van der Waals surface area contributed by atoms with Crippen LogP contribution in [-0.4, -0.2) is 25.1 Å². The third-order valence-corrected chi connectivity index (χ3v) is 2.51. The second-order valence-electron chi connectivity index (χ2n) is 3.87. The van der Waals surface area contributed by atoms with Crippen molar-refractivity contribution in [3.63, 3.8) is 0 Å². The van der Waals surface area contributed by atoms with Crippen LogP contribution in [-0.2, 0) is 11.2 Å². The summed E-state index contributed by atoms with van der Waals surface area (Å²) >= 11 is 0. The number of rotatable bonds is 3. The lowest BCUT2D eigenvalue weighted by atomic mass is 10.1. The molecule has 0 spiro atoms. The van der Waals surface area contributed by atoms with E-state index >= 15 is 0 Å². The van der Waals surface area contributed by atoms with Gasteiger partial charge < -0.3 is 10.5 Å². The summed E-state index contributed by atoms with van der Waals surface area (Å²) in [6, 6.07) is 8.42. The standard InChI is InChI=1S/C12H16N2O/c1-9-2-4-10(5-3-9)6-12-14-8-11(7-13)15-12/h2-5,11H,6-8,13H2,1H3. The lowest BCUT2D eigenvalue weighted by Gasteiger charge is -2.08. The molecule has 0 saturated heterocycles. The lowest BCUT2D eigenvalue weighted by molar-refractivity contribution is 0.228. The Bertz CT molecular complexity index is 356. The second-order valence-corrected chi connectivity index (χ2v) is 3.87. The van der Waals surface area contributed by atoms with E-state index in [1.54, 1.807) is 0 Å². The Hall–Kier alpha value is -1.35. The van der Waals surface area contributed by atoms with Gasteiger partial charge in [0.25, 0.3) is 0 Å². The molecule has 0 amide bonds. The number of aliphatic imine (C=N–C) groups is 1. The zero-order valence-corrected chi connectivity index (χ0v) is 8.94. The van der Waals surface area contributed by atoms with Crippen LogP contribution < -0.4 is 5.73 Å². The fourth-order valence-electron chi connectivity index (χ4n) is 1.57. The molecule has 1 aliphatic heterocycles. The Labute approximate surface area is 90.0 Å². The van der Waals surface area contributed by atoms with Gasteiger partial charge in [0.2, 0.25) is 0 Å². The van der Waals surface area contributed by atoms with Gasteiger partial charge in [-0.1, -0.05) is 29.8 Å². The maximum atomic E-state index is 5.57. The van der Waals surface area contributed by atoms with Crippen molar-refractivity contribution in [2.24, 2.45) is 10.7 Å². The molecule has 1 unspecified atom stereocenters. The monoisotopic (exact) mass is 204 g/mol. The highest BCUT2D eigenvalue weighted by molar-refractivity contribution is 5.80. The van der Waals surface area contributed by atoms with Crippen LogP contribution in [0.5, 0.6) is 0 Å². The van der Waals surface area contributed by atoms with Crippen LogP contribution in [0.2, 0.25) is 0 Å². The Morgan fingerprint density at radius 1 is 1.40 bits per heavy atom. The van der Waals surface area contributed by atoms with E-state index in [2.05, 4.69) is 36.2 Å². The molecule has 0 aromatic heterocycles. The molecule has 1 aliphatic rings. The Balaban J connectivity index is 1.95. The molecule has 1 atom stereocenters. The van der Waals surface area contributed by atoms with Crippen molar-refractivity contribution >= 4 is 5.90 Å². The first-order valence-electron chi connectivity index (χ1n) is 5.23. The average molecular weight is 204 g/mol. The molecule has 0 bridgehead atoms. The maximum Gasteiger partial charge on any atom is 0.188 e. The van der Waals surface area contributed by atoms with Crippen LogP contribution in [0, 0.1) is 6.92 Å². The van der Waals surface area contributed by atoms with Gasteiger partial charge in [-0.3, -0.25) is 4.99 Å². The van der Waals surface area contributed by atoms with Crippen LogP contribution in [0.15, 0.2) is 29.3 Å². The van der Waals surface area contributed by atoms with E-state index in [4.69, 9.17) is 10.5 Å². The molecule has 2 N–H and O–H groups in total. The molecule has 0 saturated carbocycles. The molecule has 80 valence electrons. The highest BCUT2D eigenvalue weighted by atomic mass is 16.5. The number of nitrogens with two attached hydrogens (primary N) is 1. The van der Waals surface area contributed by atoms with E-state index in [1.807, 2.05) is 0 Å². The summed E-state index contributed by atoms with van der Waals surface area (Å²) in [7, 11) is 0. The first-order valence-corrected chi connectivity index (χ1v) is 5.23. The third kappa shape index (κ3) is 2.57. The van der Waals surface area contributed by atoms with Gasteiger partial charge >= 0.3 is 0 Å². The maximum absolute atomic E-state index is 5.57. The second kappa shape index (κ2) is 4.45. The van der Waals surface area contributed by atoms with E-state index in [0.29, 0.717) is 13.1 Å². The highest BCUT2D eigenvalue weighted by Gasteiger charge is 2.17. The zero-order chi connectivity index (χ0) is 10.7. The van der Waals surface area contributed by atoms with Crippen molar-refractivity contribution in [3.8, 4) is 0 Å². The topological polar surface area (TPSA) is 47.6 Å². The number of hydrogen-bond acceptors (Lipinski definition) is 3. The molecule has 1 aromatic carbocycles. The van der Waals surface area contributed by atoms with Gasteiger partial charge in [-0.2, -0.15) is 0 Å². The van der Waals surface area contributed by atoms with Crippen molar-refractivity contribution in [1.29, 1.82) is 0 Å². The van der Waals surface area contributed by atoms with E-state index in [0.717, 1.165) is 12.3 Å². The van der Waals surface area contributed by atoms with Gasteiger partial charge in [0.15, 0.2) is 5.90 Å². The summed E-state index contributed by atoms with van der Waals surface area (Å²) in [4.78, 5) is 4.32. The summed E-state index contributed by atoms with van der Waals surface area (Å²) < 4.78 is 5.57. The zero-order valence-electron chi connectivity index (χ0n) is 8.94. The minimum absolute atomic E-state index is 0.0884. The van der Waals surface area contributed by atoms with Crippen molar-refractivity contribution in [1.82, 2.24) is 0 Å². The van der Waals surface area contributed by atoms with Crippen LogP contribution >= 0.6 is 0 Å². The summed E-state index contributed by atoms with van der Waals surface area (Å²) in [5.41, 5.74) is 8.02. The summed E-state index contributed by atoms with van der Waals surface area (Å²) in [5.74, 6) is 0.814. The fourth-order valence-corrected chi connectivity index (χ4v) is 1.57. The summed E-state index contributed by atoms with van der Waals surface area (Å²) in [6.07, 6.45) is 0.863. The minimum atomic E-state index is 0.0884. The first-order chi connectivity index (χ1) is 7.28. The Morgan fingerprint density at radius 3 is 2.73 bits per heavy atom.